The molecule has 0 aliphatic carbocycles. The van der Waals surface area contributed by atoms with Gasteiger partial charge < -0.3 is 19.7 Å². The van der Waals surface area contributed by atoms with Crippen molar-refractivity contribution in [2.45, 2.75) is 31.8 Å². The third-order valence-corrected chi connectivity index (χ3v) is 6.78. The number of piperidine rings is 1. The van der Waals surface area contributed by atoms with E-state index in [0.717, 1.165) is 74.3 Å². The van der Waals surface area contributed by atoms with E-state index >= 15 is 0 Å². The predicted octanol–water partition coefficient (Wildman–Crippen LogP) is 3.98. The zero-order chi connectivity index (χ0) is 21.3. The number of ether oxygens (including phenoxy) is 2. The van der Waals surface area contributed by atoms with Gasteiger partial charge in [0.2, 0.25) is 6.79 Å². The predicted molar refractivity (Wildman–Crippen MR) is 124 cm³/mol. The van der Waals surface area contributed by atoms with Crippen LogP contribution in [0.3, 0.4) is 0 Å². The Kier molecular flexibility index (Phi) is 5.03. The average molecular weight is 430 g/mol. The van der Waals surface area contributed by atoms with E-state index in [1.807, 2.05) is 24.3 Å². The number of fused-ring (bicyclic) bond motifs is 2. The number of benzene rings is 2. The minimum Gasteiger partial charge on any atom is -0.454 e. The summed E-state index contributed by atoms with van der Waals surface area (Å²) in [5, 5.41) is 3.36. The van der Waals surface area contributed by atoms with Crippen LogP contribution in [0.4, 0.5) is 17.3 Å². The molecule has 0 atom stereocenters. The summed E-state index contributed by atoms with van der Waals surface area (Å²) in [6.07, 6.45) is 5.11. The van der Waals surface area contributed by atoms with Crippen LogP contribution in [0.2, 0.25) is 0 Å². The Hall–Kier alpha value is -3.32. The SMILES string of the molecule is c1ccc2c(c1)CCN(C1CCN(c3cc(Nc4cccc5c4OCO5)ncn3)CC1)C2. The van der Waals surface area contributed by atoms with Crippen molar-refractivity contribution in [2.75, 3.05) is 36.6 Å². The first-order chi connectivity index (χ1) is 15.8. The Balaban J connectivity index is 1.10. The van der Waals surface area contributed by atoms with Gasteiger partial charge >= 0.3 is 0 Å². The normalized spacial score (nSPS) is 18.4. The molecule has 32 heavy (non-hydrogen) atoms. The van der Waals surface area contributed by atoms with Gasteiger partial charge in [-0.1, -0.05) is 30.3 Å². The lowest BCUT2D eigenvalue weighted by Gasteiger charge is -2.41. The van der Waals surface area contributed by atoms with Gasteiger partial charge in [0, 0.05) is 38.3 Å². The van der Waals surface area contributed by atoms with E-state index in [-0.39, 0.29) is 6.79 Å². The summed E-state index contributed by atoms with van der Waals surface area (Å²) in [4.78, 5) is 14.0. The Morgan fingerprint density at radius 1 is 0.906 bits per heavy atom. The molecule has 0 amide bonds. The van der Waals surface area contributed by atoms with E-state index in [1.54, 1.807) is 6.33 Å². The monoisotopic (exact) mass is 429 g/mol. The maximum atomic E-state index is 5.60. The summed E-state index contributed by atoms with van der Waals surface area (Å²) in [6.45, 7) is 4.51. The van der Waals surface area contributed by atoms with Crippen molar-refractivity contribution in [1.29, 1.82) is 0 Å². The summed E-state index contributed by atoms with van der Waals surface area (Å²) in [5.74, 6) is 3.21. The third-order valence-electron chi connectivity index (χ3n) is 6.78. The van der Waals surface area contributed by atoms with Gasteiger partial charge in [-0.15, -0.1) is 0 Å². The number of para-hydroxylation sites is 1. The molecule has 0 saturated carbocycles. The molecule has 4 heterocycles. The van der Waals surface area contributed by atoms with E-state index in [0.29, 0.717) is 6.04 Å². The number of rotatable bonds is 4. The Bertz CT molecular complexity index is 1110. The number of aromatic nitrogens is 2. The van der Waals surface area contributed by atoms with Crippen LogP contribution in [-0.2, 0) is 13.0 Å². The third kappa shape index (κ3) is 3.73. The van der Waals surface area contributed by atoms with Crippen molar-refractivity contribution >= 4 is 17.3 Å². The van der Waals surface area contributed by atoms with Crippen molar-refractivity contribution in [3.05, 3.63) is 66.0 Å². The molecule has 7 nitrogen and oxygen atoms in total. The van der Waals surface area contributed by atoms with E-state index in [1.165, 1.54) is 11.1 Å². The Labute approximate surface area is 188 Å². The molecule has 164 valence electrons. The molecule has 1 fully saturated rings. The fraction of sp³-hybridized carbons (Fsp3) is 0.360. The smallest absolute Gasteiger partial charge is 0.231 e. The van der Waals surface area contributed by atoms with Crippen molar-refractivity contribution in [1.82, 2.24) is 14.9 Å². The van der Waals surface area contributed by atoms with Gasteiger partial charge in [-0.3, -0.25) is 4.90 Å². The van der Waals surface area contributed by atoms with Crippen molar-refractivity contribution in [2.24, 2.45) is 0 Å². The number of anilines is 3. The van der Waals surface area contributed by atoms with Crippen LogP contribution in [0.25, 0.3) is 0 Å². The molecule has 7 heteroatoms. The highest BCUT2D eigenvalue weighted by Gasteiger charge is 2.28. The Morgan fingerprint density at radius 3 is 2.69 bits per heavy atom. The second-order valence-electron chi connectivity index (χ2n) is 8.63. The zero-order valence-electron chi connectivity index (χ0n) is 18.0. The van der Waals surface area contributed by atoms with E-state index in [4.69, 9.17) is 9.47 Å². The van der Waals surface area contributed by atoms with Gasteiger partial charge in [0.25, 0.3) is 0 Å². The Morgan fingerprint density at radius 2 is 1.78 bits per heavy atom. The fourth-order valence-corrected chi connectivity index (χ4v) is 5.04. The molecule has 0 unspecified atom stereocenters. The van der Waals surface area contributed by atoms with Crippen LogP contribution in [0.1, 0.15) is 24.0 Å². The molecule has 1 N–H and O–H groups in total. The highest BCUT2D eigenvalue weighted by Crippen LogP contribution is 2.40. The molecule has 6 rings (SSSR count). The van der Waals surface area contributed by atoms with Crippen LogP contribution < -0.4 is 19.7 Å². The summed E-state index contributed by atoms with van der Waals surface area (Å²) in [6, 6.07) is 17.4. The minimum atomic E-state index is 0.251. The topological polar surface area (TPSA) is 62.8 Å². The number of hydrogen-bond acceptors (Lipinski definition) is 7. The van der Waals surface area contributed by atoms with Crippen molar-refractivity contribution in [3.8, 4) is 11.5 Å². The number of hydrogen-bond donors (Lipinski definition) is 1. The van der Waals surface area contributed by atoms with E-state index in [2.05, 4.69) is 49.4 Å². The standard InChI is InChI=1S/C25H27N5O2/c1-2-5-19-15-30(11-8-18(19)4-1)20-9-12-29(13-10-20)24-14-23(26-16-27-24)28-21-6-3-7-22-25(21)32-17-31-22/h1-7,14,16,20H,8-13,15,17H2,(H,26,27,28). The van der Waals surface area contributed by atoms with Crippen LogP contribution in [0.5, 0.6) is 11.5 Å². The first kappa shape index (κ1) is 19.4. The van der Waals surface area contributed by atoms with Crippen LogP contribution in [0.15, 0.2) is 54.9 Å². The fourth-order valence-electron chi connectivity index (χ4n) is 5.04. The molecule has 0 bridgehead atoms. The summed E-state index contributed by atoms with van der Waals surface area (Å²) >= 11 is 0. The van der Waals surface area contributed by atoms with Gasteiger partial charge in [-0.05, 0) is 42.5 Å². The van der Waals surface area contributed by atoms with Crippen molar-refractivity contribution < 1.29 is 9.47 Å². The van der Waals surface area contributed by atoms with Gasteiger partial charge in [0.15, 0.2) is 11.5 Å². The minimum absolute atomic E-state index is 0.251. The zero-order valence-corrected chi connectivity index (χ0v) is 18.0. The van der Waals surface area contributed by atoms with Crippen LogP contribution >= 0.6 is 0 Å². The molecule has 0 radical (unpaired) electrons. The summed E-state index contributed by atoms with van der Waals surface area (Å²) in [7, 11) is 0. The molecule has 0 spiro atoms. The number of nitrogens with one attached hydrogen (secondary N) is 1. The van der Waals surface area contributed by atoms with Gasteiger partial charge in [0.1, 0.15) is 18.0 Å². The van der Waals surface area contributed by atoms with E-state index < -0.39 is 0 Å². The average Bonchev–Trinajstić information content (AvgIpc) is 3.34. The van der Waals surface area contributed by atoms with Gasteiger partial charge in [0.05, 0.1) is 5.69 Å². The molecular formula is C25H27N5O2. The lowest BCUT2D eigenvalue weighted by atomic mass is 9.95. The number of nitrogens with zero attached hydrogens (tertiary/aromatic N) is 4. The second kappa shape index (κ2) is 8.31. The first-order valence-corrected chi connectivity index (χ1v) is 11.4. The highest BCUT2D eigenvalue weighted by atomic mass is 16.7. The van der Waals surface area contributed by atoms with Crippen molar-refractivity contribution in [3.63, 3.8) is 0 Å². The largest absolute Gasteiger partial charge is 0.454 e. The molecule has 2 aromatic carbocycles. The van der Waals surface area contributed by atoms with E-state index in [9.17, 15) is 0 Å². The van der Waals surface area contributed by atoms with Gasteiger partial charge in [-0.25, -0.2) is 9.97 Å². The summed E-state index contributed by atoms with van der Waals surface area (Å²) < 4.78 is 11.1. The highest BCUT2D eigenvalue weighted by molar-refractivity contribution is 5.70. The first-order valence-electron chi connectivity index (χ1n) is 11.4. The maximum absolute atomic E-state index is 5.60. The lowest BCUT2D eigenvalue weighted by Crippen LogP contribution is -2.46. The molecule has 1 aromatic heterocycles. The molecule has 3 aromatic rings. The van der Waals surface area contributed by atoms with Gasteiger partial charge in [-0.2, -0.15) is 0 Å². The second-order valence-corrected chi connectivity index (χ2v) is 8.63. The maximum Gasteiger partial charge on any atom is 0.231 e. The van der Waals surface area contributed by atoms with Crippen LogP contribution in [-0.4, -0.2) is 47.3 Å². The molecule has 3 aliphatic heterocycles. The molecular weight excluding hydrogens is 402 g/mol. The quantitative estimate of drug-likeness (QED) is 0.673. The van der Waals surface area contributed by atoms with Crippen LogP contribution in [0, 0.1) is 0 Å². The lowest BCUT2D eigenvalue weighted by molar-refractivity contribution is 0.153. The molecule has 3 aliphatic rings. The summed E-state index contributed by atoms with van der Waals surface area (Å²) in [5.41, 5.74) is 3.87. The molecule has 1 saturated heterocycles.